The molecule has 2 nitrogen and oxygen atoms in total. The molecule has 1 aromatic rings. The van der Waals surface area contributed by atoms with Gasteiger partial charge in [-0.2, -0.15) is 0 Å². The number of benzene rings is 1. The average Bonchev–Trinajstić information content (AvgIpc) is 2.38. The molecule has 0 amide bonds. The minimum atomic E-state index is -0.169. The van der Waals surface area contributed by atoms with E-state index in [-0.39, 0.29) is 11.9 Å². The number of piperidine rings is 1. The largest absolute Gasteiger partial charge is 0.316 e. The van der Waals surface area contributed by atoms with E-state index in [0.29, 0.717) is 0 Å². The van der Waals surface area contributed by atoms with Crippen LogP contribution < -0.4 is 10.6 Å². The normalized spacial score (nSPS) is 22.4. The fraction of sp³-hybridized carbons (Fsp3) is 0.571. The molecule has 0 aromatic heterocycles. The van der Waals surface area contributed by atoms with Crippen molar-refractivity contribution >= 4 is 0 Å². The number of hydrogen-bond donors (Lipinski definition) is 2. The molecule has 2 N–H and O–H groups in total. The van der Waals surface area contributed by atoms with Gasteiger partial charge in [0.25, 0.3) is 0 Å². The van der Waals surface area contributed by atoms with Crippen molar-refractivity contribution in [2.45, 2.75) is 25.8 Å². The Bertz CT molecular complexity index is 331. The molecule has 1 aliphatic heterocycles. The zero-order valence-corrected chi connectivity index (χ0v) is 10.4. The first-order valence-electron chi connectivity index (χ1n) is 6.45. The van der Waals surface area contributed by atoms with E-state index in [1.165, 1.54) is 25.0 Å². The van der Waals surface area contributed by atoms with Gasteiger partial charge in [-0.15, -0.1) is 0 Å². The van der Waals surface area contributed by atoms with Crippen molar-refractivity contribution in [3.8, 4) is 0 Å². The smallest absolute Gasteiger partial charge is 0.123 e. The van der Waals surface area contributed by atoms with Gasteiger partial charge in [-0.1, -0.05) is 12.1 Å². The van der Waals surface area contributed by atoms with Crippen molar-refractivity contribution < 1.29 is 4.39 Å². The minimum Gasteiger partial charge on any atom is -0.316 e. The van der Waals surface area contributed by atoms with Crippen LogP contribution in [-0.4, -0.2) is 19.6 Å². The molecule has 1 aromatic carbocycles. The van der Waals surface area contributed by atoms with E-state index in [2.05, 4.69) is 17.6 Å². The predicted molar refractivity (Wildman–Crippen MR) is 68.4 cm³/mol. The lowest BCUT2D eigenvalue weighted by Crippen LogP contribution is -2.36. The van der Waals surface area contributed by atoms with Gasteiger partial charge in [0.15, 0.2) is 0 Å². The molecule has 1 fully saturated rings. The molecule has 1 heterocycles. The van der Waals surface area contributed by atoms with Crippen LogP contribution in [0.1, 0.15) is 31.4 Å². The van der Waals surface area contributed by atoms with Crippen LogP contribution in [-0.2, 0) is 0 Å². The molecule has 0 spiro atoms. The molecule has 1 aliphatic rings. The maximum Gasteiger partial charge on any atom is 0.123 e. The van der Waals surface area contributed by atoms with E-state index in [0.717, 1.165) is 31.1 Å². The zero-order chi connectivity index (χ0) is 12.1. The highest BCUT2D eigenvalue weighted by Crippen LogP contribution is 2.15. The Morgan fingerprint density at radius 3 is 2.82 bits per heavy atom. The van der Waals surface area contributed by atoms with Crippen molar-refractivity contribution in [3.63, 3.8) is 0 Å². The molecule has 3 heteroatoms. The van der Waals surface area contributed by atoms with Gasteiger partial charge >= 0.3 is 0 Å². The number of rotatable bonds is 4. The monoisotopic (exact) mass is 236 g/mol. The molecular weight excluding hydrogens is 215 g/mol. The third-order valence-corrected chi connectivity index (χ3v) is 3.48. The van der Waals surface area contributed by atoms with E-state index in [1.807, 2.05) is 12.1 Å². The second-order valence-corrected chi connectivity index (χ2v) is 4.89. The second kappa shape index (κ2) is 6.12. The Morgan fingerprint density at radius 1 is 1.41 bits per heavy atom. The van der Waals surface area contributed by atoms with Gasteiger partial charge in [0.2, 0.25) is 0 Å². The van der Waals surface area contributed by atoms with Gasteiger partial charge in [0.1, 0.15) is 5.82 Å². The topological polar surface area (TPSA) is 24.1 Å². The van der Waals surface area contributed by atoms with E-state index in [9.17, 15) is 4.39 Å². The quantitative estimate of drug-likeness (QED) is 0.839. The van der Waals surface area contributed by atoms with Crippen molar-refractivity contribution in [2.24, 2.45) is 5.92 Å². The summed E-state index contributed by atoms with van der Waals surface area (Å²) in [6.07, 6.45) is 2.58. The molecule has 94 valence electrons. The third-order valence-electron chi connectivity index (χ3n) is 3.48. The van der Waals surface area contributed by atoms with Gasteiger partial charge < -0.3 is 10.6 Å². The van der Waals surface area contributed by atoms with Crippen LogP contribution in [0.15, 0.2) is 24.3 Å². The molecule has 2 unspecified atom stereocenters. The summed E-state index contributed by atoms with van der Waals surface area (Å²) in [6.45, 7) is 5.43. The molecule has 0 aliphatic carbocycles. The number of hydrogen-bond acceptors (Lipinski definition) is 2. The first-order chi connectivity index (χ1) is 8.25. The fourth-order valence-corrected chi connectivity index (χ4v) is 2.31. The molecule has 0 radical (unpaired) electrons. The second-order valence-electron chi connectivity index (χ2n) is 4.89. The van der Waals surface area contributed by atoms with Gasteiger partial charge in [-0.3, -0.25) is 0 Å². The van der Waals surface area contributed by atoms with Crippen LogP contribution in [0, 0.1) is 11.7 Å². The Balaban J connectivity index is 1.80. The van der Waals surface area contributed by atoms with Crippen LogP contribution in [0.5, 0.6) is 0 Å². The summed E-state index contributed by atoms with van der Waals surface area (Å²) >= 11 is 0. The van der Waals surface area contributed by atoms with Crippen molar-refractivity contribution in [1.29, 1.82) is 0 Å². The van der Waals surface area contributed by atoms with Crippen LogP contribution in [0.2, 0.25) is 0 Å². The van der Waals surface area contributed by atoms with Crippen LogP contribution in [0.4, 0.5) is 4.39 Å². The Hall–Kier alpha value is -0.930. The summed E-state index contributed by atoms with van der Waals surface area (Å²) in [4.78, 5) is 0. The average molecular weight is 236 g/mol. The summed E-state index contributed by atoms with van der Waals surface area (Å²) < 4.78 is 12.8. The molecule has 0 saturated carbocycles. The zero-order valence-electron chi connectivity index (χ0n) is 10.4. The van der Waals surface area contributed by atoms with Gasteiger partial charge in [-0.05, 0) is 63.0 Å². The summed E-state index contributed by atoms with van der Waals surface area (Å²) in [5.41, 5.74) is 1.15. The van der Waals surface area contributed by atoms with Crippen LogP contribution in [0.3, 0.4) is 0 Å². The highest BCUT2D eigenvalue weighted by Gasteiger charge is 2.14. The van der Waals surface area contributed by atoms with Crippen molar-refractivity contribution in [1.82, 2.24) is 10.6 Å². The molecule has 2 rings (SSSR count). The Kier molecular flexibility index (Phi) is 4.51. The minimum absolute atomic E-state index is 0.169. The third kappa shape index (κ3) is 3.79. The van der Waals surface area contributed by atoms with Gasteiger partial charge in [-0.25, -0.2) is 4.39 Å². The lowest BCUT2D eigenvalue weighted by molar-refractivity contribution is 0.348. The maximum absolute atomic E-state index is 12.8. The highest BCUT2D eigenvalue weighted by atomic mass is 19.1. The predicted octanol–water partition coefficient (Wildman–Crippen LogP) is 2.48. The van der Waals surface area contributed by atoms with Gasteiger partial charge in [0, 0.05) is 6.04 Å². The van der Waals surface area contributed by atoms with Crippen molar-refractivity contribution in [3.05, 3.63) is 35.6 Å². The maximum atomic E-state index is 12.8. The lowest BCUT2D eigenvalue weighted by Gasteiger charge is -2.25. The Labute approximate surface area is 103 Å². The SMILES string of the molecule is CC(NCC1CCCNC1)c1ccc(F)cc1. The lowest BCUT2D eigenvalue weighted by atomic mass is 9.99. The summed E-state index contributed by atoms with van der Waals surface area (Å²) in [7, 11) is 0. The van der Waals surface area contributed by atoms with Crippen LogP contribution >= 0.6 is 0 Å². The first kappa shape index (κ1) is 12.5. The highest BCUT2D eigenvalue weighted by molar-refractivity contribution is 5.19. The van der Waals surface area contributed by atoms with E-state index >= 15 is 0 Å². The van der Waals surface area contributed by atoms with Gasteiger partial charge in [0.05, 0.1) is 0 Å². The standard InChI is InChI=1S/C14H21FN2/c1-11(13-4-6-14(15)7-5-13)17-10-12-3-2-8-16-9-12/h4-7,11-12,16-17H,2-3,8-10H2,1H3. The summed E-state index contributed by atoms with van der Waals surface area (Å²) in [5, 5.41) is 6.94. The summed E-state index contributed by atoms with van der Waals surface area (Å²) in [5.74, 6) is 0.559. The van der Waals surface area contributed by atoms with Crippen molar-refractivity contribution in [2.75, 3.05) is 19.6 Å². The fourth-order valence-electron chi connectivity index (χ4n) is 2.31. The molecular formula is C14H21FN2. The molecule has 0 bridgehead atoms. The molecule has 1 saturated heterocycles. The van der Waals surface area contributed by atoms with Crippen LogP contribution in [0.25, 0.3) is 0 Å². The molecule has 17 heavy (non-hydrogen) atoms. The number of nitrogens with one attached hydrogen (secondary N) is 2. The molecule has 2 atom stereocenters. The summed E-state index contributed by atoms with van der Waals surface area (Å²) in [6, 6.07) is 7.04. The Morgan fingerprint density at radius 2 is 2.18 bits per heavy atom. The number of halogens is 1. The van der Waals surface area contributed by atoms with E-state index < -0.39 is 0 Å². The van der Waals surface area contributed by atoms with E-state index in [4.69, 9.17) is 0 Å². The first-order valence-corrected chi connectivity index (χ1v) is 6.45. The van der Waals surface area contributed by atoms with E-state index in [1.54, 1.807) is 0 Å².